The first kappa shape index (κ1) is 15.6. The molecule has 0 saturated carbocycles. The fourth-order valence-electron chi connectivity index (χ4n) is 1.70. The molecule has 0 spiro atoms. The Bertz CT molecular complexity index is 468. The summed E-state index contributed by atoms with van der Waals surface area (Å²) in [5.74, 6) is 0. The van der Waals surface area contributed by atoms with Crippen LogP contribution >= 0.6 is 11.3 Å². The van der Waals surface area contributed by atoms with E-state index in [1.807, 2.05) is 38.3 Å². The Morgan fingerprint density at radius 2 is 2.11 bits per heavy atom. The zero-order valence-corrected chi connectivity index (χ0v) is 12.9. The molecule has 0 aliphatic carbocycles. The minimum Gasteiger partial charge on any atom is -0.316 e. The molecule has 7 heteroatoms. The van der Waals surface area contributed by atoms with Crippen LogP contribution in [-0.4, -0.2) is 47.0 Å². The zero-order chi connectivity index (χ0) is 13.8. The van der Waals surface area contributed by atoms with Gasteiger partial charge in [0.15, 0.2) is 0 Å². The molecule has 5 nitrogen and oxygen atoms in total. The number of sulfonamides is 1. The molecule has 0 aromatic carbocycles. The summed E-state index contributed by atoms with van der Waals surface area (Å²) in [6, 6.07) is 1.60. The molecule has 0 saturated heterocycles. The third kappa shape index (κ3) is 4.66. The molecule has 2 N–H and O–H groups in total. The topological polar surface area (TPSA) is 61.4 Å². The van der Waals surface area contributed by atoms with Crippen LogP contribution in [0.2, 0.25) is 0 Å². The normalized spacial score (nSPS) is 14.1. The van der Waals surface area contributed by atoms with E-state index in [9.17, 15) is 8.42 Å². The highest BCUT2D eigenvalue weighted by atomic mass is 32.2. The molecular weight excluding hydrogens is 270 g/mol. The second kappa shape index (κ2) is 6.63. The monoisotopic (exact) mass is 291 g/mol. The largest absolute Gasteiger partial charge is 0.316 e. The van der Waals surface area contributed by atoms with Crippen molar-refractivity contribution in [2.75, 3.05) is 27.7 Å². The van der Waals surface area contributed by atoms with E-state index < -0.39 is 10.0 Å². The molecular formula is C11H21N3O2S2. The summed E-state index contributed by atoms with van der Waals surface area (Å²) in [5.41, 5.74) is 0.989. The van der Waals surface area contributed by atoms with E-state index in [4.69, 9.17) is 0 Å². The summed E-state index contributed by atoms with van der Waals surface area (Å²) < 4.78 is 27.3. The summed E-state index contributed by atoms with van der Waals surface area (Å²) in [6.07, 6.45) is 0. The Balaban J connectivity index is 2.73. The van der Waals surface area contributed by atoms with Crippen molar-refractivity contribution in [3.05, 3.63) is 17.0 Å². The molecule has 1 heterocycles. The molecule has 1 rings (SSSR count). The Morgan fingerprint density at radius 3 is 2.67 bits per heavy atom. The maximum atomic E-state index is 12.1. The average Bonchev–Trinajstić information content (AvgIpc) is 2.65. The zero-order valence-electron chi connectivity index (χ0n) is 11.2. The van der Waals surface area contributed by atoms with Crippen LogP contribution in [0.1, 0.15) is 12.5 Å². The molecule has 1 atom stereocenters. The molecule has 0 radical (unpaired) electrons. The minimum absolute atomic E-state index is 0.111. The quantitative estimate of drug-likeness (QED) is 0.776. The lowest BCUT2D eigenvalue weighted by atomic mass is 10.3. The lowest BCUT2D eigenvalue weighted by Gasteiger charge is -2.17. The number of hydrogen-bond donors (Lipinski definition) is 2. The molecule has 0 aliphatic rings. The smallest absolute Gasteiger partial charge is 0.250 e. The fraction of sp³-hybridized carbons (Fsp3) is 0.636. The van der Waals surface area contributed by atoms with Crippen LogP contribution in [0.15, 0.2) is 15.7 Å². The summed E-state index contributed by atoms with van der Waals surface area (Å²) in [5, 5.41) is 4.86. The van der Waals surface area contributed by atoms with Gasteiger partial charge in [-0.25, -0.2) is 13.1 Å². The standard InChI is InChI=1S/C11H21N3O2S2/c1-9(7-14(3)4)13-18(15,16)11-5-10(6-12-2)8-17-11/h5,8-9,12-13H,6-7H2,1-4H3. The first-order valence-electron chi connectivity index (χ1n) is 5.74. The van der Waals surface area contributed by atoms with Gasteiger partial charge in [-0.05, 0) is 45.1 Å². The van der Waals surface area contributed by atoms with Crippen molar-refractivity contribution in [2.24, 2.45) is 0 Å². The van der Waals surface area contributed by atoms with Crippen LogP contribution < -0.4 is 10.0 Å². The van der Waals surface area contributed by atoms with Gasteiger partial charge in [0.05, 0.1) is 0 Å². The minimum atomic E-state index is -3.39. The number of rotatable bonds is 7. The van der Waals surface area contributed by atoms with Crippen LogP contribution in [0, 0.1) is 0 Å². The number of nitrogens with one attached hydrogen (secondary N) is 2. The van der Waals surface area contributed by atoms with E-state index in [-0.39, 0.29) is 6.04 Å². The van der Waals surface area contributed by atoms with Gasteiger partial charge < -0.3 is 10.2 Å². The lowest BCUT2D eigenvalue weighted by Crippen LogP contribution is -2.39. The third-order valence-electron chi connectivity index (χ3n) is 2.27. The Morgan fingerprint density at radius 1 is 1.44 bits per heavy atom. The van der Waals surface area contributed by atoms with Crippen molar-refractivity contribution in [1.82, 2.24) is 14.9 Å². The van der Waals surface area contributed by atoms with Gasteiger partial charge in [0.2, 0.25) is 10.0 Å². The van der Waals surface area contributed by atoms with Crippen LogP contribution in [0.4, 0.5) is 0 Å². The first-order chi connectivity index (χ1) is 8.35. The van der Waals surface area contributed by atoms with E-state index in [0.29, 0.717) is 17.3 Å². The number of nitrogens with zero attached hydrogens (tertiary/aromatic N) is 1. The predicted octanol–water partition coefficient (Wildman–Crippen LogP) is 0.696. The number of likely N-dealkylation sites (N-methyl/N-ethyl adjacent to an activating group) is 1. The van der Waals surface area contributed by atoms with Crippen molar-refractivity contribution in [1.29, 1.82) is 0 Å². The first-order valence-corrected chi connectivity index (χ1v) is 8.10. The van der Waals surface area contributed by atoms with Crippen LogP contribution in [0.25, 0.3) is 0 Å². The van der Waals surface area contributed by atoms with Gasteiger partial charge in [-0.3, -0.25) is 0 Å². The number of hydrogen-bond acceptors (Lipinski definition) is 5. The molecule has 1 aromatic rings. The van der Waals surface area contributed by atoms with E-state index in [1.165, 1.54) is 11.3 Å². The van der Waals surface area contributed by atoms with Gasteiger partial charge in [-0.2, -0.15) is 0 Å². The molecule has 18 heavy (non-hydrogen) atoms. The van der Waals surface area contributed by atoms with Crippen molar-refractivity contribution in [3.8, 4) is 0 Å². The van der Waals surface area contributed by atoms with Crippen LogP contribution in [-0.2, 0) is 16.6 Å². The van der Waals surface area contributed by atoms with Crippen molar-refractivity contribution in [3.63, 3.8) is 0 Å². The van der Waals surface area contributed by atoms with Gasteiger partial charge >= 0.3 is 0 Å². The van der Waals surface area contributed by atoms with E-state index in [0.717, 1.165) is 5.56 Å². The lowest BCUT2D eigenvalue weighted by molar-refractivity contribution is 0.370. The molecule has 0 aliphatic heterocycles. The van der Waals surface area contributed by atoms with Gasteiger partial charge in [-0.15, -0.1) is 11.3 Å². The maximum absolute atomic E-state index is 12.1. The second-order valence-corrected chi connectivity index (χ2v) is 7.44. The van der Waals surface area contributed by atoms with Crippen LogP contribution in [0.3, 0.4) is 0 Å². The predicted molar refractivity (Wildman–Crippen MR) is 75.4 cm³/mol. The molecule has 1 aromatic heterocycles. The van der Waals surface area contributed by atoms with Gasteiger partial charge in [0, 0.05) is 19.1 Å². The second-order valence-electron chi connectivity index (χ2n) is 4.59. The number of thiophene rings is 1. The summed E-state index contributed by atoms with van der Waals surface area (Å²) in [6.45, 7) is 3.22. The molecule has 0 fully saturated rings. The molecule has 0 amide bonds. The Kier molecular flexibility index (Phi) is 5.74. The highest BCUT2D eigenvalue weighted by molar-refractivity contribution is 7.91. The average molecular weight is 291 g/mol. The highest BCUT2D eigenvalue weighted by Crippen LogP contribution is 2.20. The Labute approximate surface area is 113 Å². The fourth-order valence-corrected chi connectivity index (χ4v) is 4.16. The van der Waals surface area contributed by atoms with E-state index in [2.05, 4.69) is 10.0 Å². The molecule has 0 bridgehead atoms. The van der Waals surface area contributed by atoms with Gasteiger partial charge in [-0.1, -0.05) is 0 Å². The summed E-state index contributed by atoms with van der Waals surface area (Å²) in [7, 11) is 2.28. The van der Waals surface area contributed by atoms with Crippen molar-refractivity contribution in [2.45, 2.75) is 23.7 Å². The highest BCUT2D eigenvalue weighted by Gasteiger charge is 2.19. The molecule has 104 valence electrons. The van der Waals surface area contributed by atoms with Gasteiger partial charge in [0.25, 0.3) is 0 Å². The van der Waals surface area contributed by atoms with E-state index in [1.54, 1.807) is 6.07 Å². The van der Waals surface area contributed by atoms with Crippen LogP contribution in [0.5, 0.6) is 0 Å². The van der Waals surface area contributed by atoms with Crippen molar-refractivity contribution >= 4 is 21.4 Å². The summed E-state index contributed by atoms with van der Waals surface area (Å²) in [4.78, 5) is 1.95. The van der Waals surface area contributed by atoms with Gasteiger partial charge in [0.1, 0.15) is 4.21 Å². The maximum Gasteiger partial charge on any atom is 0.250 e. The molecule has 1 unspecified atom stereocenters. The van der Waals surface area contributed by atoms with E-state index >= 15 is 0 Å². The third-order valence-corrected chi connectivity index (χ3v) is 5.35. The Hall–Kier alpha value is -0.470. The summed E-state index contributed by atoms with van der Waals surface area (Å²) >= 11 is 1.25. The van der Waals surface area contributed by atoms with Crippen molar-refractivity contribution < 1.29 is 8.42 Å². The SMILES string of the molecule is CNCc1csc(S(=O)(=O)NC(C)CN(C)C)c1.